The molecule has 0 fully saturated rings. The first kappa shape index (κ1) is 15.2. The summed E-state index contributed by atoms with van der Waals surface area (Å²) >= 11 is 0. The fraction of sp³-hybridized carbons (Fsp3) is 0.353. The first-order valence-electron chi connectivity index (χ1n) is 6.65. The lowest BCUT2D eigenvalue weighted by Crippen LogP contribution is -2.11. The largest absolute Gasteiger partial charge is 0.460 e. The van der Waals surface area contributed by atoms with Crippen LogP contribution < -0.4 is 0 Å². The molecule has 0 saturated carbocycles. The van der Waals surface area contributed by atoms with Gasteiger partial charge in [-0.15, -0.1) is 0 Å². The number of esters is 1. The molecule has 1 atom stereocenters. The molecule has 1 aromatic rings. The van der Waals surface area contributed by atoms with Crippen LogP contribution in [0.4, 0.5) is 0 Å². The minimum absolute atomic E-state index is 0.0276. The Morgan fingerprint density at radius 1 is 1.32 bits per heavy atom. The van der Waals surface area contributed by atoms with Crippen molar-refractivity contribution in [2.45, 2.75) is 40.2 Å². The van der Waals surface area contributed by atoms with Gasteiger partial charge >= 0.3 is 5.97 Å². The first-order valence-corrected chi connectivity index (χ1v) is 6.65. The van der Waals surface area contributed by atoms with Crippen LogP contribution in [0.5, 0.6) is 0 Å². The lowest BCUT2D eigenvalue weighted by Gasteiger charge is -2.07. The molecule has 0 aromatic heterocycles. The number of carbonyl (C=O) groups excluding carboxylic acids is 1. The van der Waals surface area contributed by atoms with Crippen molar-refractivity contribution in [2.75, 3.05) is 0 Å². The van der Waals surface area contributed by atoms with Gasteiger partial charge in [-0.25, -0.2) is 4.79 Å². The highest BCUT2D eigenvalue weighted by molar-refractivity contribution is 5.82. The molecule has 0 saturated heterocycles. The Balaban J connectivity index is 2.58. The van der Waals surface area contributed by atoms with Crippen LogP contribution in [-0.2, 0) is 9.53 Å². The Morgan fingerprint density at radius 2 is 2.05 bits per heavy atom. The summed E-state index contributed by atoms with van der Waals surface area (Å²) in [4.78, 5) is 11.4. The van der Waals surface area contributed by atoms with E-state index in [-0.39, 0.29) is 12.1 Å². The van der Waals surface area contributed by atoms with Crippen LogP contribution in [0.15, 0.2) is 36.4 Å². The monoisotopic (exact) mass is 258 g/mol. The summed E-state index contributed by atoms with van der Waals surface area (Å²) in [5.74, 6) is -0.292. The number of carbonyl (C=O) groups is 1. The zero-order chi connectivity index (χ0) is 14.3. The van der Waals surface area contributed by atoms with Gasteiger partial charge in [0, 0.05) is 6.08 Å². The SMILES string of the molecule is CCC(C)OC(=O)/C=C/C=C/c1cc(C)ccc1C. The third-order valence-electron chi connectivity index (χ3n) is 2.95. The molecule has 0 aliphatic heterocycles. The summed E-state index contributed by atoms with van der Waals surface area (Å²) in [5, 5.41) is 0. The Labute approximate surface area is 115 Å². The quantitative estimate of drug-likeness (QED) is 0.449. The van der Waals surface area contributed by atoms with Crippen LogP contribution >= 0.6 is 0 Å². The van der Waals surface area contributed by atoms with Crippen LogP contribution in [-0.4, -0.2) is 12.1 Å². The smallest absolute Gasteiger partial charge is 0.331 e. The van der Waals surface area contributed by atoms with Crippen LogP contribution in [0.2, 0.25) is 0 Å². The molecule has 2 nitrogen and oxygen atoms in total. The average molecular weight is 258 g/mol. The van der Waals surface area contributed by atoms with Crippen LogP contribution in [0.1, 0.15) is 37.0 Å². The Hall–Kier alpha value is -1.83. The van der Waals surface area contributed by atoms with Gasteiger partial charge in [0.05, 0.1) is 6.10 Å². The molecule has 0 heterocycles. The molecule has 0 amide bonds. The molecule has 0 aliphatic carbocycles. The molecule has 2 heteroatoms. The van der Waals surface area contributed by atoms with E-state index >= 15 is 0 Å². The third-order valence-corrected chi connectivity index (χ3v) is 2.95. The minimum Gasteiger partial charge on any atom is -0.460 e. The van der Waals surface area contributed by atoms with E-state index in [9.17, 15) is 4.79 Å². The molecule has 0 aliphatic rings. The number of aryl methyl sites for hydroxylation is 2. The summed E-state index contributed by atoms with van der Waals surface area (Å²) in [6.07, 6.45) is 7.83. The Bertz CT molecular complexity index is 484. The van der Waals surface area contributed by atoms with E-state index in [0.29, 0.717) is 0 Å². The summed E-state index contributed by atoms with van der Waals surface area (Å²) in [6.45, 7) is 8.01. The molecule has 0 N–H and O–H groups in total. The van der Waals surface area contributed by atoms with E-state index in [2.05, 4.69) is 32.0 Å². The molecule has 0 radical (unpaired) electrons. The second kappa shape index (κ2) is 7.57. The number of hydrogen-bond donors (Lipinski definition) is 0. The summed E-state index contributed by atoms with van der Waals surface area (Å²) in [5.41, 5.74) is 3.61. The van der Waals surface area contributed by atoms with Gasteiger partial charge in [0.2, 0.25) is 0 Å². The van der Waals surface area contributed by atoms with Crippen molar-refractivity contribution in [1.82, 2.24) is 0 Å². The van der Waals surface area contributed by atoms with Gasteiger partial charge in [-0.3, -0.25) is 0 Å². The Morgan fingerprint density at radius 3 is 2.74 bits per heavy atom. The molecule has 0 bridgehead atoms. The highest BCUT2D eigenvalue weighted by Crippen LogP contribution is 2.12. The van der Waals surface area contributed by atoms with E-state index in [1.165, 1.54) is 22.8 Å². The minimum atomic E-state index is -0.292. The van der Waals surface area contributed by atoms with Crippen molar-refractivity contribution in [3.63, 3.8) is 0 Å². The zero-order valence-electron chi connectivity index (χ0n) is 12.1. The van der Waals surface area contributed by atoms with Gasteiger partial charge in [0.1, 0.15) is 0 Å². The van der Waals surface area contributed by atoms with Gasteiger partial charge in [0.25, 0.3) is 0 Å². The van der Waals surface area contributed by atoms with Crippen LogP contribution in [0.3, 0.4) is 0 Å². The fourth-order valence-corrected chi connectivity index (χ4v) is 1.55. The number of rotatable bonds is 5. The highest BCUT2D eigenvalue weighted by Gasteiger charge is 2.02. The molecule has 102 valence electrons. The fourth-order valence-electron chi connectivity index (χ4n) is 1.55. The maximum atomic E-state index is 11.4. The van der Waals surface area contributed by atoms with Crippen molar-refractivity contribution >= 4 is 12.0 Å². The van der Waals surface area contributed by atoms with E-state index < -0.39 is 0 Å². The first-order chi connectivity index (χ1) is 9.02. The second-order valence-corrected chi connectivity index (χ2v) is 4.73. The summed E-state index contributed by atoms with van der Waals surface area (Å²) in [6, 6.07) is 6.30. The lowest BCUT2D eigenvalue weighted by atomic mass is 10.1. The van der Waals surface area contributed by atoms with Gasteiger partial charge in [-0.1, -0.05) is 48.9 Å². The van der Waals surface area contributed by atoms with E-state index in [4.69, 9.17) is 4.74 Å². The van der Waals surface area contributed by atoms with E-state index in [1.807, 2.05) is 26.0 Å². The molecule has 19 heavy (non-hydrogen) atoms. The third kappa shape index (κ3) is 5.56. The van der Waals surface area contributed by atoms with Gasteiger partial charge < -0.3 is 4.74 Å². The maximum absolute atomic E-state index is 11.4. The van der Waals surface area contributed by atoms with E-state index in [0.717, 1.165) is 6.42 Å². The van der Waals surface area contributed by atoms with Gasteiger partial charge in [-0.2, -0.15) is 0 Å². The van der Waals surface area contributed by atoms with Gasteiger partial charge in [-0.05, 0) is 38.3 Å². The summed E-state index contributed by atoms with van der Waals surface area (Å²) < 4.78 is 5.14. The number of hydrogen-bond acceptors (Lipinski definition) is 2. The van der Waals surface area contributed by atoms with Crippen LogP contribution in [0, 0.1) is 13.8 Å². The Kier molecular flexibility index (Phi) is 6.07. The second-order valence-electron chi connectivity index (χ2n) is 4.73. The number of benzene rings is 1. The van der Waals surface area contributed by atoms with Crippen molar-refractivity contribution in [1.29, 1.82) is 0 Å². The van der Waals surface area contributed by atoms with Crippen molar-refractivity contribution in [2.24, 2.45) is 0 Å². The molecular formula is C17H22O2. The molecule has 0 spiro atoms. The standard InChI is InChI=1S/C17H22O2/c1-5-15(4)19-17(18)9-7-6-8-16-12-13(2)10-11-14(16)3/h6-12,15H,5H2,1-4H3/b8-6+,9-7+. The predicted octanol–water partition coefficient (Wildman–Crippen LogP) is 4.21. The molecule has 1 aromatic carbocycles. The highest BCUT2D eigenvalue weighted by atomic mass is 16.5. The maximum Gasteiger partial charge on any atom is 0.331 e. The van der Waals surface area contributed by atoms with Gasteiger partial charge in [0.15, 0.2) is 0 Å². The molecule has 1 rings (SSSR count). The van der Waals surface area contributed by atoms with Crippen molar-refractivity contribution in [3.8, 4) is 0 Å². The lowest BCUT2D eigenvalue weighted by molar-refractivity contribution is -0.142. The molecular weight excluding hydrogens is 236 g/mol. The zero-order valence-corrected chi connectivity index (χ0v) is 12.1. The van der Waals surface area contributed by atoms with E-state index in [1.54, 1.807) is 6.08 Å². The summed E-state index contributed by atoms with van der Waals surface area (Å²) in [7, 11) is 0. The molecule has 1 unspecified atom stereocenters. The topological polar surface area (TPSA) is 26.3 Å². The normalized spacial score (nSPS) is 13.1. The predicted molar refractivity (Wildman–Crippen MR) is 79.9 cm³/mol. The number of allylic oxidation sites excluding steroid dienone is 2. The average Bonchev–Trinajstić information content (AvgIpc) is 2.38. The van der Waals surface area contributed by atoms with Crippen molar-refractivity contribution in [3.05, 3.63) is 53.1 Å². The van der Waals surface area contributed by atoms with Crippen LogP contribution in [0.25, 0.3) is 6.08 Å². The van der Waals surface area contributed by atoms with Crippen molar-refractivity contribution < 1.29 is 9.53 Å². The number of ether oxygens (including phenoxy) is 1.